The van der Waals surface area contributed by atoms with Crippen LogP contribution >= 0.6 is 0 Å². The molecule has 0 saturated carbocycles. The Morgan fingerprint density at radius 1 is 1.00 bits per heavy atom. The van der Waals surface area contributed by atoms with Crippen molar-refractivity contribution in [3.8, 4) is 0 Å². The molecule has 1 saturated heterocycles. The Balaban J connectivity index is 2.07. The molecule has 1 fully saturated rings. The molecule has 0 N–H and O–H groups in total. The molecule has 1 aliphatic rings. The number of benzene rings is 1. The largest absolute Gasteiger partial charge is 0.468 e. The summed E-state index contributed by atoms with van der Waals surface area (Å²) in [6.45, 7) is 0.531. The molecular formula is C17H21NO6. The van der Waals surface area contributed by atoms with E-state index in [9.17, 15) is 14.4 Å². The molecule has 0 aromatic heterocycles. The maximum absolute atomic E-state index is 12.6. The summed E-state index contributed by atoms with van der Waals surface area (Å²) >= 11 is 0. The first-order chi connectivity index (χ1) is 11.5. The molecule has 1 aliphatic heterocycles. The highest BCUT2D eigenvalue weighted by molar-refractivity contribution is 6.00. The highest BCUT2D eigenvalue weighted by Crippen LogP contribution is 2.35. The van der Waals surface area contributed by atoms with Crippen LogP contribution < -0.4 is 0 Å². The van der Waals surface area contributed by atoms with Gasteiger partial charge in [0, 0.05) is 13.1 Å². The van der Waals surface area contributed by atoms with Crippen LogP contribution in [0.1, 0.15) is 18.4 Å². The second-order valence-electron chi connectivity index (χ2n) is 5.59. The summed E-state index contributed by atoms with van der Waals surface area (Å²) in [7, 11) is 2.53. The van der Waals surface area contributed by atoms with E-state index in [2.05, 4.69) is 4.74 Å². The number of nitrogens with zero attached hydrogens (tertiary/aromatic N) is 1. The van der Waals surface area contributed by atoms with Gasteiger partial charge in [-0.15, -0.1) is 0 Å². The fourth-order valence-electron chi connectivity index (χ4n) is 2.75. The Labute approximate surface area is 140 Å². The first-order valence-corrected chi connectivity index (χ1v) is 7.66. The van der Waals surface area contributed by atoms with Crippen molar-refractivity contribution in [1.29, 1.82) is 0 Å². The van der Waals surface area contributed by atoms with Crippen LogP contribution in [0.4, 0.5) is 4.79 Å². The normalized spacial score (nSPS) is 16.2. The van der Waals surface area contributed by atoms with E-state index in [0.717, 1.165) is 5.56 Å². The molecule has 0 unspecified atom stereocenters. The lowest BCUT2D eigenvalue weighted by atomic mass is 9.78. The van der Waals surface area contributed by atoms with E-state index in [1.807, 2.05) is 30.3 Å². The minimum absolute atomic E-state index is 0.0825. The molecule has 7 heteroatoms. The topological polar surface area (TPSA) is 82.1 Å². The standard InChI is InChI=1S/C17H21NO6/c1-22-14(19)17(8-10-18(11-9-17)16(21)23-2)15(20)24-12-13-6-4-3-5-7-13/h3-7H,8-12H2,1-2H3. The zero-order chi connectivity index (χ0) is 17.6. The highest BCUT2D eigenvalue weighted by atomic mass is 16.6. The summed E-state index contributed by atoms with van der Waals surface area (Å²) in [4.78, 5) is 37.8. The molecule has 130 valence electrons. The molecule has 0 aliphatic carbocycles. The highest BCUT2D eigenvalue weighted by Gasteiger charge is 2.51. The van der Waals surface area contributed by atoms with E-state index in [1.165, 1.54) is 19.1 Å². The van der Waals surface area contributed by atoms with Gasteiger partial charge < -0.3 is 19.1 Å². The van der Waals surface area contributed by atoms with Gasteiger partial charge >= 0.3 is 18.0 Å². The van der Waals surface area contributed by atoms with Crippen LogP contribution in [0.15, 0.2) is 30.3 Å². The van der Waals surface area contributed by atoms with Gasteiger partial charge in [0.25, 0.3) is 0 Å². The van der Waals surface area contributed by atoms with Gasteiger partial charge in [-0.2, -0.15) is 0 Å². The minimum atomic E-state index is -1.38. The zero-order valence-corrected chi connectivity index (χ0v) is 13.8. The van der Waals surface area contributed by atoms with Gasteiger partial charge in [-0.1, -0.05) is 30.3 Å². The molecule has 0 bridgehead atoms. The quantitative estimate of drug-likeness (QED) is 0.474. The van der Waals surface area contributed by atoms with Crippen molar-refractivity contribution in [2.45, 2.75) is 19.4 Å². The van der Waals surface area contributed by atoms with E-state index >= 15 is 0 Å². The van der Waals surface area contributed by atoms with Gasteiger partial charge in [0.1, 0.15) is 6.61 Å². The van der Waals surface area contributed by atoms with Gasteiger partial charge in [-0.05, 0) is 18.4 Å². The number of likely N-dealkylation sites (tertiary alicyclic amines) is 1. The van der Waals surface area contributed by atoms with Crippen LogP contribution in [0.2, 0.25) is 0 Å². The van der Waals surface area contributed by atoms with Crippen molar-refractivity contribution in [2.24, 2.45) is 5.41 Å². The van der Waals surface area contributed by atoms with E-state index in [1.54, 1.807) is 0 Å². The lowest BCUT2D eigenvalue weighted by Crippen LogP contribution is -2.51. The monoisotopic (exact) mass is 335 g/mol. The van der Waals surface area contributed by atoms with Crippen LogP contribution in [0.5, 0.6) is 0 Å². The third-order valence-electron chi connectivity index (χ3n) is 4.23. The second-order valence-corrected chi connectivity index (χ2v) is 5.59. The predicted molar refractivity (Wildman–Crippen MR) is 83.9 cm³/mol. The summed E-state index contributed by atoms with van der Waals surface area (Å²) in [6, 6.07) is 9.21. The molecule has 0 radical (unpaired) electrons. The number of amides is 1. The number of hydrogen-bond donors (Lipinski definition) is 0. The summed E-state index contributed by atoms with van der Waals surface area (Å²) < 4.78 is 14.8. The Hall–Kier alpha value is -2.57. The Morgan fingerprint density at radius 2 is 1.62 bits per heavy atom. The number of piperidine rings is 1. The SMILES string of the molecule is COC(=O)N1CCC(C(=O)OC)(C(=O)OCc2ccccc2)CC1. The van der Waals surface area contributed by atoms with Crippen LogP contribution in [0, 0.1) is 5.41 Å². The molecular weight excluding hydrogens is 314 g/mol. The predicted octanol–water partition coefficient (Wildman–Crippen LogP) is 1.75. The smallest absolute Gasteiger partial charge is 0.409 e. The molecule has 1 amide bonds. The van der Waals surface area contributed by atoms with Gasteiger partial charge in [-0.3, -0.25) is 9.59 Å². The molecule has 1 heterocycles. The maximum Gasteiger partial charge on any atom is 0.409 e. The van der Waals surface area contributed by atoms with Crippen LogP contribution in [-0.4, -0.2) is 50.2 Å². The second kappa shape index (κ2) is 7.81. The van der Waals surface area contributed by atoms with Crippen LogP contribution in [0.3, 0.4) is 0 Å². The average molecular weight is 335 g/mol. The van der Waals surface area contributed by atoms with E-state index in [0.29, 0.717) is 0 Å². The van der Waals surface area contributed by atoms with Gasteiger partial charge in [-0.25, -0.2) is 4.79 Å². The first-order valence-electron chi connectivity index (χ1n) is 7.66. The van der Waals surface area contributed by atoms with Crippen molar-refractivity contribution in [2.75, 3.05) is 27.3 Å². The third-order valence-corrected chi connectivity index (χ3v) is 4.23. The minimum Gasteiger partial charge on any atom is -0.468 e. The van der Waals surface area contributed by atoms with E-state index in [-0.39, 0.29) is 32.5 Å². The number of methoxy groups -OCH3 is 2. The molecule has 0 atom stereocenters. The number of esters is 2. The fourth-order valence-corrected chi connectivity index (χ4v) is 2.75. The lowest BCUT2D eigenvalue weighted by molar-refractivity contribution is -0.175. The Morgan fingerprint density at radius 3 is 2.17 bits per heavy atom. The number of hydrogen-bond acceptors (Lipinski definition) is 6. The van der Waals surface area contributed by atoms with Gasteiger partial charge in [0.15, 0.2) is 5.41 Å². The molecule has 7 nitrogen and oxygen atoms in total. The number of rotatable bonds is 4. The Bertz CT molecular complexity index is 592. The number of carbonyl (C=O) groups is 3. The van der Waals surface area contributed by atoms with Crippen molar-refractivity contribution in [3.05, 3.63) is 35.9 Å². The fraction of sp³-hybridized carbons (Fsp3) is 0.471. The molecule has 24 heavy (non-hydrogen) atoms. The summed E-state index contributed by atoms with van der Waals surface area (Å²) in [6.07, 6.45) is -0.198. The summed E-state index contributed by atoms with van der Waals surface area (Å²) in [5.74, 6) is -1.26. The first kappa shape index (κ1) is 17.8. The molecule has 1 aromatic carbocycles. The summed E-state index contributed by atoms with van der Waals surface area (Å²) in [5, 5.41) is 0. The maximum atomic E-state index is 12.6. The zero-order valence-electron chi connectivity index (χ0n) is 13.8. The van der Waals surface area contributed by atoms with Gasteiger partial charge in [0.05, 0.1) is 14.2 Å². The van der Waals surface area contributed by atoms with Crippen LogP contribution in [0.25, 0.3) is 0 Å². The van der Waals surface area contributed by atoms with Crippen molar-refractivity contribution in [1.82, 2.24) is 4.90 Å². The molecule has 0 spiro atoms. The van der Waals surface area contributed by atoms with Crippen molar-refractivity contribution in [3.63, 3.8) is 0 Å². The van der Waals surface area contributed by atoms with E-state index < -0.39 is 23.4 Å². The van der Waals surface area contributed by atoms with Crippen LogP contribution in [-0.2, 0) is 30.4 Å². The Kier molecular flexibility index (Phi) is 5.78. The lowest BCUT2D eigenvalue weighted by Gasteiger charge is -2.37. The average Bonchev–Trinajstić information content (AvgIpc) is 2.65. The van der Waals surface area contributed by atoms with Crippen molar-refractivity contribution >= 4 is 18.0 Å². The molecule has 2 rings (SSSR count). The number of ether oxygens (including phenoxy) is 3. The third kappa shape index (κ3) is 3.67. The van der Waals surface area contributed by atoms with E-state index in [4.69, 9.17) is 9.47 Å². The van der Waals surface area contributed by atoms with Crippen molar-refractivity contribution < 1.29 is 28.6 Å². The summed E-state index contributed by atoms with van der Waals surface area (Å²) in [5.41, 5.74) is -0.550. The molecule has 1 aromatic rings. The van der Waals surface area contributed by atoms with Gasteiger partial charge in [0.2, 0.25) is 0 Å². The number of carbonyl (C=O) groups excluding carboxylic acids is 3.